The van der Waals surface area contributed by atoms with E-state index in [4.69, 9.17) is 0 Å². The van der Waals surface area contributed by atoms with Gasteiger partial charge < -0.3 is 21.1 Å². The number of urea groups is 1. The van der Waals surface area contributed by atoms with Crippen LogP contribution in [0.2, 0.25) is 0 Å². The van der Waals surface area contributed by atoms with Gasteiger partial charge in [0.05, 0.1) is 0 Å². The maximum atomic E-state index is 12.4. The predicted octanol–water partition coefficient (Wildman–Crippen LogP) is 3.36. The van der Waals surface area contributed by atoms with Gasteiger partial charge in [-0.1, -0.05) is 74.5 Å². The molecule has 27 heavy (non-hydrogen) atoms. The van der Waals surface area contributed by atoms with Crippen molar-refractivity contribution in [2.24, 2.45) is 5.92 Å². The van der Waals surface area contributed by atoms with Gasteiger partial charge in [0.1, 0.15) is 0 Å². The Kier molecular flexibility index (Phi) is 8.30. The average Bonchev–Trinajstić information content (AvgIpc) is 2.67. The molecule has 1 unspecified atom stereocenters. The Hall–Kier alpha value is -2.37. The summed E-state index contributed by atoms with van der Waals surface area (Å²) in [5, 5.41) is 20.1. The molecule has 2 rings (SSSR count). The second-order valence-corrected chi connectivity index (χ2v) is 7.22. The molecule has 0 aliphatic rings. The van der Waals surface area contributed by atoms with Crippen molar-refractivity contribution in [2.75, 3.05) is 13.1 Å². The van der Waals surface area contributed by atoms with Gasteiger partial charge in [-0.3, -0.25) is 0 Å². The third kappa shape index (κ3) is 7.41. The molecule has 0 saturated heterocycles. The van der Waals surface area contributed by atoms with E-state index in [9.17, 15) is 9.90 Å². The van der Waals surface area contributed by atoms with Crippen molar-refractivity contribution in [1.29, 1.82) is 0 Å². The van der Waals surface area contributed by atoms with Gasteiger partial charge in [-0.25, -0.2) is 4.79 Å². The van der Waals surface area contributed by atoms with Crippen LogP contribution in [0.15, 0.2) is 60.7 Å². The van der Waals surface area contributed by atoms with Crippen LogP contribution in [0.3, 0.4) is 0 Å². The molecule has 0 bridgehead atoms. The van der Waals surface area contributed by atoms with Crippen LogP contribution in [0.5, 0.6) is 0 Å². The van der Waals surface area contributed by atoms with Crippen molar-refractivity contribution in [3.05, 3.63) is 71.8 Å². The van der Waals surface area contributed by atoms with Gasteiger partial charge in [-0.05, 0) is 31.0 Å². The predicted molar refractivity (Wildman–Crippen MR) is 109 cm³/mol. The van der Waals surface area contributed by atoms with E-state index >= 15 is 0 Å². The summed E-state index contributed by atoms with van der Waals surface area (Å²) in [6, 6.07) is 18.6. The van der Waals surface area contributed by atoms with Crippen LogP contribution in [0.4, 0.5) is 4.79 Å². The molecule has 0 heterocycles. The largest absolute Gasteiger partial charge is 0.367 e. The van der Waals surface area contributed by atoms with Gasteiger partial charge in [0.25, 0.3) is 0 Å². The standard InChI is InChI=1S/C22H31N3O2/c1-18(2)16-23-15-9-14-22(27,20-12-7-4-8-13-20)25-21(26)24-17-19-10-5-3-6-11-19/h3-8,10-13,18,23,27H,9,14-17H2,1-2H3,(H2,24,25,26). The quantitative estimate of drug-likeness (QED) is 0.383. The Labute approximate surface area is 162 Å². The molecule has 0 aromatic heterocycles. The number of carbonyl (C=O) groups excluding carboxylic acids is 1. The summed E-state index contributed by atoms with van der Waals surface area (Å²) in [6.45, 7) is 6.46. The van der Waals surface area contributed by atoms with E-state index in [0.29, 0.717) is 24.4 Å². The molecule has 146 valence electrons. The summed E-state index contributed by atoms with van der Waals surface area (Å²) in [4.78, 5) is 12.4. The molecular weight excluding hydrogens is 338 g/mol. The van der Waals surface area contributed by atoms with Gasteiger partial charge in [-0.2, -0.15) is 0 Å². The highest BCUT2D eigenvalue weighted by molar-refractivity contribution is 5.74. The minimum absolute atomic E-state index is 0.389. The topological polar surface area (TPSA) is 73.4 Å². The summed E-state index contributed by atoms with van der Waals surface area (Å²) in [5.41, 5.74) is 0.291. The minimum atomic E-state index is -1.40. The maximum Gasteiger partial charge on any atom is 0.317 e. The van der Waals surface area contributed by atoms with Gasteiger partial charge in [0.15, 0.2) is 5.72 Å². The van der Waals surface area contributed by atoms with Crippen molar-refractivity contribution in [3.8, 4) is 0 Å². The number of carbonyl (C=O) groups is 1. The first-order valence-electron chi connectivity index (χ1n) is 9.58. The van der Waals surface area contributed by atoms with E-state index in [2.05, 4.69) is 29.8 Å². The Balaban J connectivity index is 1.94. The van der Waals surface area contributed by atoms with Crippen molar-refractivity contribution < 1.29 is 9.90 Å². The molecule has 0 saturated carbocycles. The van der Waals surface area contributed by atoms with Crippen LogP contribution in [0.1, 0.15) is 37.8 Å². The maximum absolute atomic E-state index is 12.4. The van der Waals surface area contributed by atoms with Crippen molar-refractivity contribution in [2.45, 2.75) is 39.0 Å². The van der Waals surface area contributed by atoms with Crippen LogP contribution in [-0.2, 0) is 12.3 Å². The van der Waals surface area contributed by atoms with E-state index in [1.807, 2.05) is 60.7 Å². The molecule has 0 radical (unpaired) electrons. The minimum Gasteiger partial charge on any atom is -0.367 e. The van der Waals surface area contributed by atoms with Crippen LogP contribution in [-0.4, -0.2) is 24.2 Å². The lowest BCUT2D eigenvalue weighted by atomic mass is 9.97. The highest BCUT2D eigenvalue weighted by Crippen LogP contribution is 2.23. The highest BCUT2D eigenvalue weighted by Gasteiger charge is 2.30. The first-order chi connectivity index (χ1) is 13.0. The zero-order valence-electron chi connectivity index (χ0n) is 16.2. The first kappa shape index (κ1) is 20.9. The molecular formula is C22H31N3O2. The molecule has 4 N–H and O–H groups in total. The van der Waals surface area contributed by atoms with Crippen LogP contribution < -0.4 is 16.0 Å². The Morgan fingerprint density at radius 3 is 2.30 bits per heavy atom. The van der Waals surface area contributed by atoms with E-state index < -0.39 is 5.72 Å². The zero-order valence-corrected chi connectivity index (χ0v) is 16.2. The molecule has 2 aromatic rings. The van der Waals surface area contributed by atoms with Crippen LogP contribution >= 0.6 is 0 Å². The third-order valence-corrected chi connectivity index (χ3v) is 4.31. The SMILES string of the molecule is CC(C)CNCCCC(O)(NC(=O)NCc1ccccc1)c1ccccc1. The smallest absolute Gasteiger partial charge is 0.317 e. The lowest BCUT2D eigenvalue weighted by Gasteiger charge is -2.30. The molecule has 0 spiro atoms. The molecule has 5 heteroatoms. The molecule has 0 fully saturated rings. The van der Waals surface area contributed by atoms with Crippen LogP contribution in [0, 0.1) is 5.92 Å². The van der Waals surface area contributed by atoms with E-state index in [1.54, 1.807) is 0 Å². The average molecular weight is 370 g/mol. The summed E-state index contributed by atoms with van der Waals surface area (Å²) < 4.78 is 0. The second-order valence-electron chi connectivity index (χ2n) is 7.22. The molecule has 5 nitrogen and oxygen atoms in total. The number of amides is 2. The lowest BCUT2D eigenvalue weighted by Crippen LogP contribution is -2.50. The van der Waals surface area contributed by atoms with Crippen molar-refractivity contribution >= 4 is 6.03 Å². The fraction of sp³-hybridized carbons (Fsp3) is 0.409. The molecule has 0 aliphatic heterocycles. The van der Waals surface area contributed by atoms with E-state index in [1.165, 1.54) is 0 Å². The Morgan fingerprint density at radius 2 is 1.67 bits per heavy atom. The summed E-state index contributed by atoms with van der Waals surface area (Å²) in [6.07, 6.45) is 1.18. The normalized spacial score (nSPS) is 13.2. The van der Waals surface area contributed by atoms with Gasteiger partial charge in [0.2, 0.25) is 0 Å². The van der Waals surface area contributed by atoms with Crippen LogP contribution in [0.25, 0.3) is 0 Å². The fourth-order valence-corrected chi connectivity index (χ4v) is 2.86. The van der Waals surface area contributed by atoms with E-state index in [-0.39, 0.29) is 6.03 Å². The van der Waals surface area contributed by atoms with Crippen molar-refractivity contribution in [3.63, 3.8) is 0 Å². The number of hydrogen-bond acceptors (Lipinski definition) is 3. The molecule has 1 atom stereocenters. The Bertz CT molecular complexity index is 676. The number of benzene rings is 2. The number of rotatable bonds is 10. The summed E-state index contributed by atoms with van der Waals surface area (Å²) in [7, 11) is 0. The van der Waals surface area contributed by atoms with Gasteiger partial charge in [0, 0.05) is 18.5 Å². The lowest BCUT2D eigenvalue weighted by molar-refractivity contribution is 0.00190. The molecule has 0 aliphatic carbocycles. The molecule has 2 amide bonds. The number of nitrogens with one attached hydrogen (secondary N) is 3. The van der Waals surface area contributed by atoms with Gasteiger partial charge in [-0.15, -0.1) is 0 Å². The Morgan fingerprint density at radius 1 is 1.04 bits per heavy atom. The first-order valence-corrected chi connectivity index (χ1v) is 9.58. The molecule has 2 aromatic carbocycles. The number of aliphatic hydroxyl groups is 1. The highest BCUT2D eigenvalue weighted by atomic mass is 16.3. The summed E-state index contributed by atoms with van der Waals surface area (Å²) >= 11 is 0. The number of hydrogen-bond donors (Lipinski definition) is 4. The third-order valence-electron chi connectivity index (χ3n) is 4.31. The zero-order chi connectivity index (χ0) is 19.5. The van der Waals surface area contributed by atoms with Crippen molar-refractivity contribution in [1.82, 2.24) is 16.0 Å². The van der Waals surface area contributed by atoms with Gasteiger partial charge >= 0.3 is 6.03 Å². The van der Waals surface area contributed by atoms with E-state index in [0.717, 1.165) is 25.1 Å². The monoisotopic (exact) mass is 369 g/mol. The summed E-state index contributed by atoms with van der Waals surface area (Å²) in [5.74, 6) is 0.583. The fourth-order valence-electron chi connectivity index (χ4n) is 2.86. The second kappa shape index (κ2) is 10.7.